The third kappa shape index (κ3) is 3.16. The summed E-state index contributed by atoms with van der Waals surface area (Å²) in [5.41, 5.74) is 2.36. The average Bonchev–Trinajstić information content (AvgIpc) is 3.00. The van der Waals surface area contributed by atoms with Crippen molar-refractivity contribution in [2.45, 2.75) is 19.4 Å². The van der Waals surface area contributed by atoms with Crippen LogP contribution in [-0.4, -0.2) is 90.4 Å². The van der Waals surface area contributed by atoms with Crippen molar-refractivity contribution in [2.24, 2.45) is 5.92 Å². The number of rotatable bonds is 3. The van der Waals surface area contributed by atoms with E-state index in [1.165, 1.54) is 5.56 Å². The summed E-state index contributed by atoms with van der Waals surface area (Å²) < 4.78 is 0. The smallest absolute Gasteiger partial charge is 0.228 e. The molecule has 0 spiro atoms. The molecule has 1 unspecified atom stereocenters. The van der Waals surface area contributed by atoms with Crippen molar-refractivity contribution in [3.05, 3.63) is 24.0 Å². The highest BCUT2D eigenvalue weighted by molar-refractivity contribution is 5.89. The highest BCUT2D eigenvalue weighted by atomic mass is 16.2. The Morgan fingerprint density at radius 1 is 1.15 bits per heavy atom. The molecule has 2 amide bonds. The van der Waals surface area contributed by atoms with Crippen molar-refractivity contribution in [2.75, 3.05) is 57.8 Å². The fourth-order valence-corrected chi connectivity index (χ4v) is 4.33. The zero-order chi connectivity index (χ0) is 18.3. The van der Waals surface area contributed by atoms with Gasteiger partial charge in [0, 0.05) is 58.4 Å². The van der Waals surface area contributed by atoms with Gasteiger partial charge in [-0.15, -0.1) is 0 Å². The van der Waals surface area contributed by atoms with Crippen LogP contribution in [0.5, 0.6) is 0 Å². The van der Waals surface area contributed by atoms with Crippen LogP contribution in [0.1, 0.15) is 12.0 Å². The molecule has 1 aromatic heterocycles. The number of nitrogens with zero attached hydrogens (tertiary/aromatic N) is 5. The highest BCUT2D eigenvalue weighted by Crippen LogP contribution is 2.26. The number of carbonyl (C=O) groups is 2. The number of anilines is 1. The van der Waals surface area contributed by atoms with Gasteiger partial charge < -0.3 is 19.6 Å². The minimum atomic E-state index is -0.167. The van der Waals surface area contributed by atoms with Gasteiger partial charge in [-0.1, -0.05) is 0 Å². The van der Waals surface area contributed by atoms with Crippen molar-refractivity contribution in [3.63, 3.8) is 0 Å². The Kier molecular flexibility index (Phi) is 4.56. The Hall–Kier alpha value is -2.15. The Morgan fingerprint density at radius 2 is 1.88 bits per heavy atom. The lowest BCUT2D eigenvalue weighted by atomic mass is 10.1. The first-order valence-corrected chi connectivity index (χ1v) is 9.45. The number of likely N-dealkylation sites (N-methyl/N-ethyl adjacent to an activating group) is 1. The quantitative estimate of drug-likeness (QED) is 0.774. The van der Waals surface area contributed by atoms with Crippen molar-refractivity contribution in [1.82, 2.24) is 19.7 Å². The zero-order valence-electron chi connectivity index (χ0n) is 15.6. The molecule has 0 aromatic carbocycles. The van der Waals surface area contributed by atoms with Crippen molar-refractivity contribution in [3.8, 4) is 0 Å². The number of aromatic nitrogens is 1. The van der Waals surface area contributed by atoms with Gasteiger partial charge in [-0.25, -0.2) is 0 Å². The molecular weight excluding hydrogens is 330 g/mol. The van der Waals surface area contributed by atoms with Gasteiger partial charge in [-0.3, -0.25) is 14.6 Å². The molecule has 0 radical (unpaired) electrons. The summed E-state index contributed by atoms with van der Waals surface area (Å²) in [6.07, 6.45) is 4.08. The van der Waals surface area contributed by atoms with E-state index >= 15 is 0 Å². The Labute approximate surface area is 154 Å². The molecule has 1 atom stereocenters. The molecule has 3 fully saturated rings. The molecule has 7 nitrogen and oxygen atoms in total. The molecule has 7 heteroatoms. The summed E-state index contributed by atoms with van der Waals surface area (Å²) in [5, 5.41) is 0. The molecule has 0 aliphatic carbocycles. The maximum Gasteiger partial charge on any atom is 0.228 e. The van der Waals surface area contributed by atoms with E-state index in [2.05, 4.69) is 28.8 Å². The molecule has 1 aromatic rings. The van der Waals surface area contributed by atoms with Gasteiger partial charge in [-0.2, -0.15) is 0 Å². The molecule has 140 valence electrons. The van der Waals surface area contributed by atoms with Crippen LogP contribution in [0.25, 0.3) is 0 Å². The first-order chi connectivity index (χ1) is 12.5. The van der Waals surface area contributed by atoms with Gasteiger partial charge >= 0.3 is 0 Å². The van der Waals surface area contributed by atoms with Gasteiger partial charge in [0.05, 0.1) is 23.8 Å². The largest absolute Gasteiger partial charge is 0.367 e. The van der Waals surface area contributed by atoms with Crippen LogP contribution in [0.3, 0.4) is 0 Å². The summed E-state index contributed by atoms with van der Waals surface area (Å²) in [7, 11) is 2.06. The summed E-state index contributed by atoms with van der Waals surface area (Å²) in [5.74, 6) is 0.127. The van der Waals surface area contributed by atoms with Gasteiger partial charge in [0.15, 0.2) is 0 Å². The predicted molar refractivity (Wildman–Crippen MR) is 98.9 cm³/mol. The lowest BCUT2D eigenvalue weighted by Gasteiger charge is -2.42. The minimum absolute atomic E-state index is 0.145. The number of amides is 2. The molecule has 3 aliphatic rings. The fourth-order valence-electron chi connectivity index (χ4n) is 4.33. The zero-order valence-corrected chi connectivity index (χ0v) is 15.6. The predicted octanol–water partition coefficient (Wildman–Crippen LogP) is 0.201. The van der Waals surface area contributed by atoms with Gasteiger partial charge in [0.2, 0.25) is 11.8 Å². The van der Waals surface area contributed by atoms with Crippen LogP contribution >= 0.6 is 0 Å². The number of hydrogen-bond acceptors (Lipinski definition) is 5. The van der Waals surface area contributed by atoms with Crippen LogP contribution in [0.4, 0.5) is 5.69 Å². The highest BCUT2D eigenvalue weighted by Gasteiger charge is 2.42. The second-order valence-electron chi connectivity index (χ2n) is 7.80. The molecule has 3 aliphatic heterocycles. The van der Waals surface area contributed by atoms with E-state index in [1.54, 1.807) is 6.20 Å². The standard InChI is InChI=1S/C19H27N5O2/c1-14-3-4-20-10-17(14)22-5-7-23(8-6-22)19(26)15-9-18(25)24(11-15)16-12-21(2)13-16/h3-4,10,15-16H,5-9,11-13H2,1-2H3. The average molecular weight is 357 g/mol. The molecule has 26 heavy (non-hydrogen) atoms. The van der Waals surface area contributed by atoms with E-state index in [0.29, 0.717) is 32.1 Å². The molecule has 3 saturated heterocycles. The first-order valence-electron chi connectivity index (χ1n) is 9.45. The van der Waals surface area contributed by atoms with Crippen molar-refractivity contribution >= 4 is 17.5 Å². The van der Waals surface area contributed by atoms with E-state index in [0.717, 1.165) is 31.9 Å². The summed E-state index contributed by atoms with van der Waals surface area (Å²) in [6, 6.07) is 2.32. The van der Waals surface area contributed by atoms with Crippen molar-refractivity contribution in [1.29, 1.82) is 0 Å². The van der Waals surface area contributed by atoms with Gasteiger partial charge in [0.1, 0.15) is 0 Å². The monoisotopic (exact) mass is 357 g/mol. The molecule has 0 N–H and O–H groups in total. The molecular formula is C19H27N5O2. The van der Waals surface area contributed by atoms with Crippen LogP contribution in [0.15, 0.2) is 18.5 Å². The normalized spacial score (nSPS) is 24.9. The van der Waals surface area contributed by atoms with E-state index in [1.807, 2.05) is 22.1 Å². The third-order valence-corrected chi connectivity index (χ3v) is 5.94. The third-order valence-electron chi connectivity index (χ3n) is 5.94. The number of likely N-dealkylation sites (tertiary alicyclic amines) is 2. The van der Waals surface area contributed by atoms with Crippen molar-refractivity contribution < 1.29 is 9.59 Å². The second-order valence-corrected chi connectivity index (χ2v) is 7.80. The van der Waals surface area contributed by atoms with Crippen LogP contribution in [0.2, 0.25) is 0 Å². The Balaban J connectivity index is 1.33. The summed E-state index contributed by atoms with van der Waals surface area (Å²) >= 11 is 0. The van der Waals surface area contributed by atoms with Gasteiger partial charge in [-0.05, 0) is 25.6 Å². The Bertz CT molecular complexity index is 695. The van der Waals surface area contributed by atoms with E-state index < -0.39 is 0 Å². The summed E-state index contributed by atoms with van der Waals surface area (Å²) in [6.45, 7) is 7.59. The van der Waals surface area contributed by atoms with Crippen LogP contribution in [0, 0.1) is 12.8 Å². The number of carbonyl (C=O) groups excluding carboxylic acids is 2. The van der Waals surface area contributed by atoms with E-state index in [4.69, 9.17) is 0 Å². The number of hydrogen-bond donors (Lipinski definition) is 0. The first kappa shape index (κ1) is 17.3. The fraction of sp³-hybridized carbons (Fsp3) is 0.632. The maximum absolute atomic E-state index is 12.9. The summed E-state index contributed by atoms with van der Waals surface area (Å²) in [4.78, 5) is 37.8. The number of pyridine rings is 1. The molecule has 4 heterocycles. The SMILES string of the molecule is Cc1ccncc1N1CCN(C(=O)C2CC(=O)N(C3CN(C)C3)C2)CC1. The Morgan fingerprint density at radius 3 is 2.54 bits per heavy atom. The van der Waals surface area contributed by atoms with E-state index in [9.17, 15) is 9.59 Å². The topological polar surface area (TPSA) is 60.0 Å². The van der Waals surface area contributed by atoms with Crippen LogP contribution < -0.4 is 4.90 Å². The lowest BCUT2D eigenvalue weighted by Crippen LogP contribution is -2.58. The second kappa shape index (κ2) is 6.87. The van der Waals surface area contributed by atoms with E-state index in [-0.39, 0.29) is 17.7 Å². The maximum atomic E-state index is 12.9. The number of aryl methyl sites for hydroxylation is 1. The molecule has 4 rings (SSSR count). The minimum Gasteiger partial charge on any atom is -0.367 e. The van der Waals surface area contributed by atoms with Gasteiger partial charge in [0.25, 0.3) is 0 Å². The van der Waals surface area contributed by atoms with Crippen LogP contribution in [-0.2, 0) is 9.59 Å². The molecule has 0 saturated carbocycles. The lowest BCUT2D eigenvalue weighted by molar-refractivity contribution is -0.136. The molecule has 0 bridgehead atoms. The number of piperazine rings is 1.